The smallest absolute Gasteiger partial charge is 0.267 e. The fourth-order valence-corrected chi connectivity index (χ4v) is 2.72. The average Bonchev–Trinajstić information content (AvgIpc) is 2.46. The molecule has 0 saturated heterocycles. The lowest BCUT2D eigenvalue weighted by atomic mass is 10.3. The zero-order valence-electron chi connectivity index (χ0n) is 11.3. The molecule has 24 heavy (non-hydrogen) atoms. The summed E-state index contributed by atoms with van der Waals surface area (Å²) in [4.78, 5) is 22.7. The van der Waals surface area contributed by atoms with Gasteiger partial charge in [-0.05, 0) is 41.7 Å². The van der Waals surface area contributed by atoms with Gasteiger partial charge in [0.1, 0.15) is 0 Å². The Bertz CT molecular complexity index is 542. The lowest BCUT2D eigenvalue weighted by molar-refractivity contribution is 0.111. The Kier molecular flexibility index (Phi) is 9.39. The van der Waals surface area contributed by atoms with Crippen LogP contribution in [0.15, 0.2) is 24.3 Å². The van der Waals surface area contributed by atoms with Crippen LogP contribution in [0.1, 0.15) is 0 Å². The van der Waals surface area contributed by atoms with Crippen molar-refractivity contribution in [3.8, 4) is 0 Å². The van der Waals surface area contributed by atoms with Gasteiger partial charge >= 0.3 is 10.5 Å². The van der Waals surface area contributed by atoms with E-state index in [1.165, 1.54) is 24.3 Å². The molecule has 0 heterocycles. The van der Waals surface area contributed by atoms with E-state index >= 15 is 0 Å². The Morgan fingerprint density at radius 1 is 0.917 bits per heavy atom. The molecule has 0 aromatic heterocycles. The summed E-state index contributed by atoms with van der Waals surface area (Å²) in [6.45, 7) is 0. The monoisotopic (exact) mass is 458 g/mol. The lowest BCUT2D eigenvalue weighted by Gasteiger charge is -2.17. The minimum absolute atomic E-state index is 0.0817. The number of carbonyl (C=O) groups excluding carboxylic acids is 2. The number of carbonyl (C=O) groups is 2. The predicted molar refractivity (Wildman–Crippen MR) is 96.5 cm³/mol. The number of amides is 2. The number of benzene rings is 1. The number of nitrogens with one attached hydrogen (secondary N) is 2. The largest absolute Gasteiger partial charge is 0.331 e. The van der Waals surface area contributed by atoms with Crippen LogP contribution >= 0.6 is 69.9 Å². The van der Waals surface area contributed by atoms with Crippen LogP contribution in [-0.2, 0) is 0 Å². The number of thioether (sulfide) groups is 2. The first kappa shape index (κ1) is 21.5. The third kappa shape index (κ3) is 8.04. The number of hydrogen-bond acceptors (Lipinski definition) is 6. The molecule has 14 heteroatoms. The molecule has 0 spiro atoms. The van der Waals surface area contributed by atoms with Gasteiger partial charge in [0.05, 0.1) is 11.4 Å². The van der Waals surface area contributed by atoms with Gasteiger partial charge in [-0.25, -0.2) is 0 Å². The van der Waals surface area contributed by atoms with Crippen LogP contribution in [0.2, 0.25) is 0 Å². The first-order valence-corrected chi connectivity index (χ1v) is 9.22. The Morgan fingerprint density at radius 3 is 1.62 bits per heavy atom. The van der Waals surface area contributed by atoms with Crippen molar-refractivity contribution in [2.75, 3.05) is 10.9 Å². The first-order chi connectivity index (χ1) is 11.2. The Balaban J connectivity index is 2.66. The van der Waals surface area contributed by atoms with Crippen LogP contribution in [0, 0.1) is 0 Å². The van der Waals surface area contributed by atoms with E-state index in [9.17, 15) is 18.6 Å². The number of anilines is 2. The third-order valence-electron chi connectivity index (χ3n) is 2.02. The Hall–Kier alpha value is -0.520. The van der Waals surface area contributed by atoms with Crippen molar-refractivity contribution in [3.63, 3.8) is 0 Å². The zero-order valence-corrected chi connectivity index (χ0v) is 15.9. The highest BCUT2D eigenvalue weighted by molar-refractivity contribution is 8.16. The molecular weight excluding hydrogens is 452 g/mol. The summed E-state index contributed by atoms with van der Waals surface area (Å²) < 4.78 is 24.8. The van der Waals surface area contributed by atoms with Gasteiger partial charge in [-0.3, -0.25) is 20.4 Å². The second kappa shape index (κ2) is 10.5. The normalized spacial score (nSPS) is 10.7. The van der Waals surface area contributed by atoms with Crippen LogP contribution in [-0.4, -0.2) is 29.3 Å². The molecule has 1 aromatic carbocycles. The van der Waals surface area contributed by atoms with E-state index in [-0.39, 0.29) is 21.8 Å². The maximum atomic E-state index is 13.6. The van der Waals surface area contributed by atoms with Crippen LogP contribution in [0.25, 0.3) is 0 Å². The molecule has 0 unspecified atom stereocenters. The molecule has 1 aromatic rings. The predicted octanol–water partition coefficient (Wildman–Crippen LogP) is 5.94. The lowest BCUT2D eigenvalue weighted by Crippen LogP contribution is -2.26. The molecule has 0 fully saturated rings. The van der Waals surface area contributed by atoms with E-state index < -0.39 is 18.8 Å². The summed E-state index contributed by atoms with van der Waals surface area (Å²) >= 11 is 22.0. The standard InChI is InChI=1S/C10H8Cl4F2N4O2S2/c11-7(12)23-9(21)19(15)17-5-2-1-3-6(4-5)18-20(16)10(22)24-8(13)14/h1-4,7-8,17-18H. The van der Waals surface area contributed by atoms with Gasteiger partial charge in [-0.15, -0.1) is 0 Å². The quantitative estimate of drug-likeness (QED) is 0.311. The van der Waals surface area contributed by atoms with Crippen molar-refractivity contribution in [2.24, 2.45) is 0 Å². The number of halogens is 6. The number of rotatable bonds is 6. The van der Waals surface area contributed by atoms with Gasteiger partial charge < -0.3 is 0 Å². The maximum absolute atomic E-state index is 13.6. The molecule has 0 saturated carbocycles. The van der Waals surface area contributed by atoms with Crippen molar-refractivity contribution in [3.05, 3.63) is 24.3 Å². The minimum atomic E-state index is -1.14. The Labute approximate surface area is 163 Å². The van der Waals surface area contributed by atoms with Gasteiger partial charge in [-0.1, -0.05) is 71.9 Å². The number of nitrogens with zero attached hydrogens (tertiary/aromatic N) is 2. The summed E-state index contributed by atoms with van der Waals surface area (Å²) in [5.74, 6) is 0. The molecule has 1 rings (SSSR count). The van der Waals surface area contributed by atoms with E-state index in [2.05, 4.69) is 10.9 Å². The van der Waals surface area contributed by atoms with Crippen molar-refractivity contribution in [2.45, 2.75) is 8.34 Å². The number of hydrogen-bond donors (Lipinski definition) is 2. The zero-order chi connectivity index (χ0) is 18.3. The molecule has 134 valence electrons. The van der Waals surface area contributed by atoms with Crippen molar-refractivity contribution in [1.29, 1.82) is 0 Å². The maximum Gasteiger partial charge on any atom is 0.331 e. The molecule has 0 aliphatic rings. The molecule has 2 amide bonds. The summed E-state index contributed by atoms with van der Waals surface area (Å²) in [5, 5.41) is -2.86. The summed E-state index contributed by atoms with van der Waals surface area (Å²) in [7, 11) is 0. The van der Waals surface area contributed by atoms with E-state index in [1.807, 2.05) is 0 Å². The van der Waals surface area contributed by atoms with Crippen LogP contribution in [0.5, 0.6) is 0 Å². The minimum Gasteiger partial charge on any atom is -0.267 e. The van der Waals surface area contributed by atoms with Crippen molar-refractivity contribution in [1.82, 2.24) is 10.5 Å². The van der Waals surface area contributed by atoms with Crippen LogP contribution < -0.4 is 10.9 Å². The van der Waals surface area contributed by atoms with E-state index in [0.29, 0.717) is 23.5 Å². The van der Waals surface area contributed by atoms with Gasteiger partial charge in [0.15, 0.2) is 8.34 Å². The Morgan fingerprint density at radius 2 is 1.29 bits per heavy atom. The second-order valence-electron chi connectivity index (χ2n) is 3.65. The average molecular weight is 460 g/mol. The van der Waals surface area contributed by atoms with E-state index in [0.717, 1.165) is 0 Å². The summed E-state index contributed by atoms with van der Waals surface area (Å²) in [5.41, 5.74) is 4.34. The van der Waals surface area contributed by atoms with Crippen molar-refractivity contribution < 1.29 is 18.6 Å². The highest BCUT2D eigenvalue weighted by Crippen LogP contribution is 2.25. The fourth-order valence-electron chi connectivity index (χ4n) is 1.22. The highest BCUT2D eigenvalue weighted by Gasteiger charge is 2.19. The highest BCUT2D eigenvalue weighted by atomic mass is 35.5. The molecule has 0 atom stereocenters. The summed E-state index contributed by atoms with van der Waals surface area (Å²) in [6.07, 6.45) is 0. The topological polar surface area (TPSA) is 64.7 Å². The SMILES string of the molecule is O=C(SC(Cl)Cl)N(F)Nc1cccc(NN(F)C(=O)SC(Cl)Cl)c1. The second-order valence-corrected chi connectivity index (χ2v) is 9.00. The van der Waals surface area contributed by atoms with Crippen molar-refractivity contribution >= 4 is 91.8 Å². The molecule has 0 aliphatic carbocycles. The third-order valence-corrected chi connectivity index (χ3v) is 4.17. The van der Waals surface area contributed by atoms with Gasteiger partial charge in [0.25, 0.3) is 0 Å². The molecule has 0 bridgehead atoms. The van der Waals surface area contributed by atoms with Crippen LogP contribution in [0.3, 0.4) is 0 Å². The number of hydrazine groups is 2. The molecule has 2 N–H and O–H groups in total. The summed E-state index contributed by atoms with van der Waals surface area (Å²) in [6, 6.07) is 5.43. The van der Waals surface area contributed by atoms with Gasteiger partial charge in [-0.2, -0.15) is 0 Å². The molecular formula is C10H8Cl4F2N4O2S2. The molecule has 0 aliphatic heterocycles. The first-order valence-electron chi connectivity index (χ1n) is 5.71. The molecule has 0 radical (unpaired) electrons. The van der Waals surface area contributed by atoms with Gasteiger partial charge in [0.2, 0.25) is 0 Å². The fraction of sp³-hybridized carbons (Fsp3) is 0.200. The van der Waals surface area contributed by atoms with E-state index in [4.69, 9.17) is 46.4 Å². The molecule has 6 nitrogen and oxygen atoms in total. The van der Waals surface area contributed by atoms with E-state index in [1.54, 1.807) is 0 Å². The van der Waals surface area contributed by atoms with Gasteiger partial charge in [0, 0.05) is 0 Å². The van der Waals surface area contributed by atoms with Crippen LogP contribution in [0.4, 0.5) is 29.9 Å². The number of alkyl halides is 4.